The van der Waals surface area contributed by atoms with Crippen molar-refractivity contribution in [2.75, 3.05) is 0 Å². The Morgan fingerprint density at radius 2 is 2.00 bits per heavy atom. The Morgan fingerprint density at radius 1 is 1.40 bits per heavy atom. The normalized spacial score (nSPS) is 14.0. The Kier molecular flexibility index (Phi) is 4.03. The molecule has 0 radical (unpaired) electrons. The Balaban J connectivity index is 2.90. The van der Waals surface area contributed by atoms with Crippen LogP contribution in [-0.4, -0.2) is 6.18 Å². The minimum absolute atomic E-state index is 0.245. The first kappa shape index (κ1) is 12.8. The highest BCUT2D eigenvalue weighted by atomic mass is 79.9. The average Bonchev–Trinajstić information content (AvgIpc) is 2.06. The lowest BCUT2D eigenvalue weighted by Crippen LogP contribution is -2.20. The number of nitrogens with two attached hydrogens (primary N) is 1. The van der Waals surface area contributed by atoms with Gasteiger partial charge in [0.05, 0.1) is 6.42 Å². The van der Waals surface area contributed by atoms with Gasteiger partial charge in [-0.3, -0.25) is 0 Å². The summed E-state index contributed by atoms with van der Waals surface area (Å²) in [4.78, 5) is 0. The monoisotopic (exact) mass is 301 g/mol. The fourth-order valence-corrected chi connectivity index (χ4v) is 1.79. The lowest BCUT2D eigenvalue weighted by molar-refractivity contribution is -0.138. The summed E-state index contributed by atoms with van der Waals surface area (Å²) in [6.45, 7) is 0. The van der Waals surface area contributed by atoms with E-state index in [9.17, 15) is 13.2 Å². The first-order valence-corrected chi connectivity index (χ1v) is 5.24. The summed E-state index contributed by atoms with van der Waals surface area (Å²) in [5.41, 5.74) is 5.72. The molecule has 0 aliphatic heterocycles. The van der Waals surface area contributed by atoms with Crippen molar-refractivity contribution in [3.8, 4) is 0 Å². The van der Waals surface area contributed by atoms with Crippen LogP contribution in [-0.2, 0) is 0 Å². The first-order valence-electron chi connectivity index (χ1n) is 4.07. The zero-order valence-corrected chi connectivity index (χ0v) is 9.83. The molecule has 15 heavy (non-hydrogen) atoms. The van der Waals surface area contributed by atoms with Gasteiger partial charge in [0.15, 0.2) is 0 Å². The van der Waals surface area contributed by atoms with E-state index in [0.717, 1.165) is 0 Å². The van der Waals surface area contributed by atoms with E-state index in [1.54, 1.807) is 6.07 Å². The number of alkyl halides is 3. The summed E-state index contributed by atoms with van der Waals surface area (Å²) in [5, 5.41) is 0.245. The van der Waals surface area contributed by atoms with Crippen LogP contribution < -0.4 is 5.73 Å². The van der Waals surface area contributed by atoms with Crippen LogP contribution in [0, 0.1) is 0 Å². The molecule has 84 valence electrons. The van der Waals surface area contributed by atoms with Gasteiger partial charge in [-0.25, -0.2) is 0 Å². The molecule has 0 aliphatic rings. The largest absolute Gasteiger partial charge is 0.390 e. The zero-order chi connectivity index (χ0) is 11.6. The highest BCUT2D eigenvalue weighted by molar-refractivity contribution is 9.10. The molecule has 0 aromatic heterocycles. The highest BCUT2D eigenvalue weighted by Crippen LogP contribution is 2.32. The van der Waals surface area contributed by atoms with Crippen molar-refractivity contribution in [2.24, 2.45) is 5.73 Å². The van der Waals surface area contributed by atoms with Crippen LogP contribution >= 0.6 is 27.5 Å². The van der Waals surface area contributed by atoms with Gasteiger partial charge in [0.2, 0.25) is 0 Å². The summed E-state index contributed by atoms with van der Waals surface area (Å²) >= 11 is 8.90. The quantitative estimate of drug-likeness (QED) is 0.876. The maximum atomic E-state index is 12.1. The number of hydrogen-bond donors (Lipinski definition) is 1. The maximum Gasteiger partial charge on any atom is 0.390 e. The third-order valence-corrected chi connectivity index (χ3v) is 2.65. The molecule has 1 nitrogen and oxygen atoms in total. The van der Waals surface area contributed by atoms with Gasteiger partial charge in [-0.15, -0.1) is 0 Å². The fourth-order valence-electron chi connectivity index (χ4n) is 1.16. The van der Waals surface area contributed by atoms with E-state index in [1.165, 1.54) is 12.1 Å². The van der Waals surface area contributed by atoms with Crippen molar-refractivity contribution >= 4 is 27.5 Å². The van der Waals surface area contributed by atoms with Gasteiger partial charge >= 0.3 is 6.18 Å². The van der Waals surface area contributed by atoms with Crippen LogP contribution in [0.15, 0.2) is 22.7 Å². The molecule has 0 saturated carbocycles. The third kappa shape index (κ3) is 4.01. The van der Waals surface area contributed by atoms with Crippen LogP contribution in [0.5, 0.6) is 0 Å². The molecule has 0 unspecified atom stereocenters. The standard InChI is InChI=1S/C9H8BrClF3N/c10-5-1-2-7(11)6(3-5)8(15)4-9(12,13)14/h1-3,8H,4,15H2/t8-/m0/s1. The van der Waals surface area contributed by atoms with Crippen molar-refractivity contribution in [3.63, 3.8) is 0 Å². The molecular formula is C9H8BrClF3N. The predicted molar refractivity (Wildman–Crippen MR) is 56.8 cm³/mol. The second kappa shape index (κ2) is 4.72. The van der Waals surface area contributed by atoms with Crippen LogP contribution in [0.2, 0.25) is 5.02 Å². The molecule has 1 aromatic carbocycles. The Morgan fingerprint density at radius 3 is 2.53 bits per heavy atom. The Labute approximate surface area is 98.5 Å². The predicted octanol–water partition coefficient (Wildman–Crippen LogP) is 4.05. The molecule has 0 fully saturated rings. The van der Waals surface area contributed by atoms with Gasteiger partial charge < -0.3 is 5.73 Å². The molecule has 2 N–H and O–H groups in total. The van der Waals surface area contributed by atoms with E-state index in [2.05, 4.69) is 15.9 Å². The molecule has 1 rings (SSSR count). The van der Waals surface area contributed by atoms with Gasteiger partial charge in [0.1, 0.15) is 0 Å². The third-order valence-electron chi connectivity index (χ3n) is 1.81. The summed E-state index contributed by atoms with van der Waals surface area (Å²) in [7, 11) is 0. The summed E-state index contributed by atoms with van der Waals surface area (Å²) in [5.74, 6) is 0. The van der Waals surface area contributed by atoms with Gasteiger partial charge in [0.25, 0.3) is 0 Å². The van der Waals surface area contributed by atoms with Crippen LogP contribution in [0.4, 0.5) is 13.2 Å². The lowest BCUT2D eigenvalue weighted by atomic mass is 10.0. The van der Waals surface area contributed by atoms with E-state index in [-0.39, 0.29) is 5.02 Å². The second-order valence-corrected chi connectivity index (χ2v) is 4.41. The first-order chi connectivity index (χ1) is 6.79. The second-order valence-electron chi connectivity index (χ2n) is 3.09. The summed E-state index contributed by atoms with van der Waals surface area (Å²) < 4.78 is 36.9. The highest BCUT2D eigenvalue weighted by Gasteiger charge is 2.31. The minimum Gasteiger partial charge on any atom is -0.324 e. The van der Waals surface area contributed by atoms with E-state index in [1.807, 2.05) is 0 Å². The molecule has 0 saturated heterocycles. The fraction of sp³-hybridized carbons (Fsp3) is 0.333. The van der Waals surface area contributed by atoms with Crippen molar-refractivity contribution in [1.82, 2.24) is 0 Å². The molecule has 0 spiro atoms. The molecule has 6 heteroatoms. The minimum atomic E-state index is -4.29. The number of benzene rings is 1. The molecule has 1 aromatic rings. The van der Waals surface area contributed by atoms with Crippen molar-refractivity contribution in [3.05, 3.63) is 33.3 Å². The zero-order valence-electron chi connectivity index (χ0n) is 7.48. The lowest BCUT2D eigenvalue weighted by Gasteiger charge is -2.15. The molecule has 1 atom stereocenters. The molecule has 0 bridgehead atoms. The molecule has 0 heterocycles. The average molecular weight is 303 g/mol. The van der Waals surface area contributed by atoms with E-state index < -0.39 is 18.6 Å². The summed E-state index contributed by atoms with van der Waals surface area (Å²) in [6, 6.07) is 3.53. The smallest absolute Gasteiger partial charge is 0.324 e. The maximum absolute atomic E-state index is 12.1. The van der Waals surface area contributed by atoms with Gasteiger partial charge in [-0.1, -0.05) is 27.5 Å². The Hall–Kier alpha value is -0.260. The van der Waals surface area contributed by atoms with Crippen molar-refractivity contribution in [1.29, 1.82) is 0 Å². The van der Waals surface area contributed by atoms with E-state index in [0.29, 0.717) is 10.0 Å². The topological polar surface area (TPSA) is 26.0 Å². The van der Waals surface area contributed by atoms with Crippen LogP contribution in [0.3, 0.4) is 0 Å². The van der Waals surface area contributed by atoms with Gasteiger partial charge in [0, 0.05) is 15.5 Å². The number of hydrogen-bond acceptors (Lipinski definition) is 1. The van der Waals surface area contributed by atoms with E-state index >= 15 is 0 Å². The van der Waals surface area contributed by atoms with Crippen LogP contribution in [0.25, 0.3) is 0 Å². The summed E-state index contributed by atoms with van der Waals surface area (Å²) in [6.07, 6.45) is -5.37. The number of halogens is 5. The molecule has 0 amide bonds. The van der Waals surface area contributed by atoms with Gasteiger partial charge in [-0.2, -0.15) is 13.2 Å². The van der Waals surface area contributed by atoms with Crippen LogP contribution in [0.1, 0.15) is 18.0 Å². The number of rotatable bonds is 2. The Bertz CT molecular complexity index is 354. The SMILES string of the molecule is N[C@@H](CC(F)(F)F)c1cc(Br)ccc1Cl. The van der Waals surface area contributed by atoms with E-state index in [4.69, 9.17) is 17.3 Å². The molecular weight excluding hydrogens is 294 g/mol. The molecule has 0 aliphatic carbocycles. The van der Waals surface area contributed by atoms with Gasteiger partial charge in [-0.05, 0) is 23.8 Å². The van der Waals surface area contributed by atoms with Crippen molar-refractivity contribution in [2.45, 2.75) is 18.6 Å². The van der Waals surface area contributed by atoms with Crippen molar-refractivity contribution < 1.29 is 13.2 Å².